The summed E-state index contributed by atoms with van der Waals surface area (Å²) in [4.78, 5) is 10.9. The number of aryl methyl sites for hydroxylation is 2. The molecule has 0 aromatic carbocycles. The smallest absolute Gasteiger partial charge is 0.179 e. The number of nitrogens with zero attached hydrogens (tertiary/aromatic N) is 2. The Bertz CT molecular complexity index is 635. The molecule has 0 bridgehead atoms. The van der Waals surface area contributed by atoms with Gasteiger partial charge >= 0.3 is 0 Å². The molecule has 2 aromatic heterocycles. The second-order valence-electron chi connectivity index (χ2n) is 4.00. The van der Waals surface area contributed by atoms with Crippen LogP contribution in [0.25, 0.3) is 11.2 Å². The Kier molecular flexibility index (Phi) is 3.73. The summed E-state index contributed by atoms with van der Waals surface area (Å²) in [6.07, 6.45) is 3.08. The van der Waals surface area contributed by atoms with Crippen molar-refractivity contribution in [2.75, 3.05) is 0 Å². The lowest BCUT2D eigenvalue weighted by Gasteiger charge is -2.06. The van der Waals surface area contributed by atoms with Crippen LogP contribution in [-0.4, -0.2) is 19.5 Å². The highest BCUT2D eigenvalue weighted by molar-refractivity contribution is 7.72. The molecule has 0 atom stereocenters. The average Bonchev–Trinajstić information content (AvgIpc) is 2.73. The van der Waals surface area contributed by atoms with Crippen LogP contribution in [0.2, 0.25) is 0 Å². The first kappa shape index (κ1) is 12.4. The normalized spacial score (nSPS) is 11.2. The van der Waals surface area contributed by atoms with E-state index in [0.717, 1.165) is 42.8 Å². The molecule has 0 aliphatic heterocycles. The number of hydrogen-bond acceptors (Lipinski definition) is 3. The minimum absolute atomic E-state index is 0.643. The highest BCUT2D eigenvalue weighted by Crippen LogP contribution is 2.14. The van der Waals surface area contributed by atoms with E-state index in [1.165, 1.54) is 0 Å². The number of fused-ring (bicyclic) bond motifs is 1. The Hall–Kier alpha value is -1.01. The third-order valence-corrected chi connectivity index (χ3v) is 3.38. The van der Waals surface area contributed by atoms with Gasteiger partial charge in [0.1, 0.15) is 16.0 Å². The average molecular weight is 268 g/mol. The van der Waals surface area contributed by atoms with Crippen LogP contribution in [0.1, 0.15) is 32.5 Å². The molecule has 0 aliphatic carbocycles. The van der Waals surface area contributed by atoms with E-state index in [1.807, 2.05) is 4.57 Å². The molecule has 0 fully saturated rings. The molecule has 17 heavy (non-hydrogen) atoms. The van der Waals surface area contributed by atoms with Gasteiger partial charge in [0.15, 0.2) is 10.4 Å². The van der Waals surface area contributed by atoms with Crippen LogP contribution >= 0.6 is 24.4 Å². The molecule has 0 unspecified atom stereocenters. The maximum Gasteiger partial charge on any atom is 0.179 e. The predicted molar refractivity (Wildman–Crippen MR) is 74.4 cm³/mol. The minimum Gasteiger partial charge on any atom is -0.338 e. The summed E-state index contributed by atoms with van der Waals surface area (Å²) in [5.74, 6) is 0.949. The SMILES string of the molecule is CCCCn1c(=S)[nH]c(=S)c2[nH]c(CC)nc21. The molecular weight excluding hydrogens is 252 g/mol. The second-order valence-corrected chi connectivity index (χ2v) is 4.80. The molecule has 0 aliphatic rings. The van der Waals surface area contributed by atoms with Crippen molar-refractivity contribution in [3.63, 3.8) is 0 Å². The number of imidazole rings is 1. The van der Waals surface area contributed by atoms with Crippen LogP contribution in [0.3, 0.4) is 0 Å². The molecule has 4 nitrogen and oxygen atoms in total. The van der Waals surface area contributed by atoms with Gasteiger partial charge in [-0.1, -0.05) is 32.5 Å². The molecule has 2 rings (SSSR count). The third kappa shape index (κ3) is 2.32. The first-order valence-corrected chi connectivity index (χ1v) is 6.70. The van der Waals surface area contributed by atoms with Crippen molar-refractivity contribution in [2.45, 2.75) is 39.7 Å². The molecule has 6 heteroatoms. The predicted octanol–water partition coefficient (Wildman–Crippen LogP) is 3.51. The van der Waals surface area contributed by atoms with E-state index in [2.05, 4.69) is 28.8 Å². The lowest BCUT2D eigenvalue weighted by atomic mass is 10.3. The number of unbranched alkanes of at least 4 members (excludes halogenated alkanes) is 1. The molecule has 0 amide bonds. The summed E-state index contributed by atoms with van der Waals surface area (Å²) in [5.41, 5.74) is 1.77. The number of aromatic amines is 2. The molecular formula is C11H16N4S2. The van der Waals surface area contributed by atoms with Gasteiger partial charge in [0.25, 0.3) is 0 Å². The highest BCUT2D eigenvalue weighted by atomic mass is 32.1. The Morgan fingerprint density at radius 2 is 2.00 bits per heavy atom. The lowest BCUT2D eigenvalue weighted by molar-refractivity contribution is 0.626. The van der Waals surface area contributed by atoms with Crippen LogP contribution in [0.15, 0.2) is 0 Å². The fraction of sp³-hybridized carbons (Fsp3) is 0.545. The summed E-state index contributed by atoms with van der Waals surface area (Å²) >= 11 is 10.6. The zero-order valence-corrected chi connectivity index (χ0v) is 11.7. The van der Waals surface area contributed by atoms with Gasteiger partial charge in [0.05, 0.1) is 0 Å². The van der Waals surface area contributed by atoms with Crippen molar-refractivity contribution >= 4 is 35.6 Å². The fourth-order valence-electron chi connectivity index (χ4n) is 1.78. The van der Waals surface area contributed by atoms with Crippen molar-refractivity contribution < 1.29 is 0 Å². The van der Waals surface area contributed by atoms with Gasteiger partial charge in [-0.2, -0.15) is 0 Å². The van der Waals surface area contributed by atoms with Crippen LogP contribution in [0.5, 0.6) is 0 Å². The molecule has 0 saturated heterocycles. The summed E-state index contributed by atoms with van der Waals surface area (Å²) in [7, 11) is 0. The summed E-state index contributed by atoms with van der Waals surface area (Å²) in [6, 6.07) is 0. The number of H-pyrrole nitrogens is 2. The number of aromatic nitrogens is 4. The Morgan fingerprint density at radius 1 is 1.24 bits per heavy atom. The topological polar surface area (TPSA) is 49.4 Å². The first-order valence-electron chi connectivity index (χ1n) is 5.89. The van der Waals surface area contributed by atoms with E-state index in [4.69, 9.17) is 24.4 Å². The van der Waals surface area contributed by atoms with Gasteiger partial charge in [-0.05, 0) is 18.6 Å². The molecule has 0 spiro atoms. The van der Waals surface area contributed by atoms with E-state index in [9.17, 15) is 0 Å². The van der Waals surface area contributed by atoms with E-state index in [-0.39, 0.29) is 0 Å². The summed E-state index contributed by atoms with van der Waals surface area (Å²) < 4.78 is 3.33. The van der Waals surface area contributed by atoms with E-state index >= 15 is 0 Å². The number of rotatable bonds is 4. The Balaban J connectivity index is 2.68. The standard InChI is InChI=1S/C11H16N4S2/c1-3-5-6-15-9-8(10(16)14-11(15)17)12-7(4-2)13-9/h3-6H2,1-2H3,(H,12,13)(H,14,16,17). The quantitative estimate of drug-likeness (QED) is 0.834. The van der Waals surface area contributed by atoms with Gasteiger partial charge in [0, 0.05) is 13.0 Å². The third-order valence-electron chi connectivity index (χ3n) is 2.75. The van der Waals surface area contributed by atoms with Gasteiger partial charge in [-0.3, -0.25) is 0 Å². The minimum atomic E-state index is 0.643. The van der Waals surface area contributed by atoms with Gasteiger partial charge in [0.2, 0.25) is 0 Å². The van der Waals surface area contributed by atoms with E-state index in [0.29, 0.717) is 9.41 Å². The second kappa shape index (κ2) is 5.10. The monoisotopic (exact) mass is 268 g/mol. The maximum absolute atomic E-state index is 5.31. The van der Waals surface area contributed by atoms with Gasteiger partial charge in [-0.15, -0.1) is 0 Å². The molecule has 0 saturated carbocycles. The molecule has 2 heterocycles. The van der Waals surface area contributed by atoms with Crippen molar-refractivity contribution in [1.82, 2.24) is 19.5 Å². The van der Waals surface area contributed by atoms with Crippen molar-refractivity contribution in [3.8, 4) is 0 Å². The highest BCUT2D eigenvalue weighted by Gasteiger charge is 2.08. The zero-order chi connectivity index (χ0) is 12.4. The summed E-state index contributed by atoms with van der Waals surface area (Å²) in [5, 5.41) is 0. The number of nitrogens with one attached hydrogen (secondary N) is 2. The van der Waals surface area contributed by atoms with Crippen molar-refractivity contribution in [3.05, 3.63) is 15.2 Å². The van der Waals surface area contributed by atoms with Crippen LogP contribution in [-0.2, 0) is 13.0 Å². The Morgan fingerprint density at radius 3 is 2.65 bits per heavy atom. The largest absolute Gasteiger partial charge is 0.338 e. The van der Waals surface area contributed by atoms with Crippen LogP contribution in [0, 0.1) is 9.41 Å². The molecule has 0 radical (unpaired) electrons. The van der Waals surface area contributed by atoms with Crippen molar-refractivity contribution in [2.24, 2.45) is 0 Å². The number of hydrogen-bond donors (Lipinski definition) is 2. The lowest BCUT2D eigenvalue weighted by Crippen LogP contribution is -2.04. The van der Waals surface area contributed by atoms with Crippen molar-refractivity contribution in [1.29, 1.82) is 0 Å². The summed E-state index contributed by atoms with van der Waals surface area (Å²) in [6.45, 7) is 5.11. The maximum atomic E-state index is 5.31. The van der Waals surface area contributed by atoms with E-state index < -0.39 is 0 Å². The first-order chi connectivity index (χ1) is 8.17. The molecule has 2 aromatic rings. The Labute approximate surface area is 110 Å². The zero-order valence-electron chi connectivity index (χ0n) is 10.0. The van der Waals surface area contributed by atoms with Crippen LogP contribution in [0.4, 0.5) is 0 Å². The van der Waals surface area contributed by atoms with Gasteiger partial charge < -0.3 is 14.5 Å². The molecule has 92 valence electrons. The van der Waals surface area contributed by atoms with Crippen LogP contribution < -0.4 is 0 Å². The van der Waals surface area contributed by atoms with Gasteiger partial charge in [-0.25, -0.2) is 4.98 Å². The molecule has 2 N–H and O–H groups in total. The van der Waals surface area contributed by atoms with E-state index in [1.54, 1.807) is 0 Å². The fourth-order valence-corrected chi connectivity index (χ4v) is 2.36.